The SMILES string of the molecule is Nc1c2c(nc3c1C(c1ccccc1)c1c(-c4ccccc4)nn(-c4ccccc4)c1O3)CCCC2. The Hall–Kier alpha value is -4.38. The van der Waals surface area contributed by atoms with Crippen LogP contribution in [0, 0.1) is 0 Å². The fourth-order valence-electron chi connectivity index (χ4n) is 5.66. The van der Waals surface area contributed by atoms with E-state index in [0.717, 1.165) is 70.7 Å². The van der Waals surface area contributed by atoms with Gasteiger partial charge in [-0.1, -0.05) is 78.9 Å². The van der Waals surface area contributed by atoms with Crippen molar-refractivity contribution in [3.63, 3.8) is 0 Å². The number of benzene rings is 3. The highest BCUT2D eigenvalue weighted by Gasteiger charge is 2.39. The molecule has 1 aliphatic carbocycles. The zero-order valence-corrected chi connectivity index (χ0v) is 19.9. The third-order valence-electron chi connectivity index (χ3n) is 7.35. The fourth-order valence-corrected chi connectivity index (χ4v) is 5.66. The van der Waals surface area contributed by atoms with E-state index in [2.05, 4.69) is 36.4 Å². The standard InChI is InChI=1S/C31H26N4O/c32-28-23-18-10-11-19-24(23)33-30-26(28)25(20-12-4-1-5-13-20)27-29(21-14-6-2-7-15-21)34-35(31(27)36-30)22-16-8-3-9-17-22/h1-9,12-17,25H,10-11,18-19H2,(H2,32,33). The van der Waals surface area contributed by atoms with Gasteiger partial charge in [-0.15, -0.1) is 0 Å². The molecule has 2 N–H and O–H groups in total. The van der Waals surface area contributed by atoms with E-state index in [-0.39, 0.29) is 5.92 Å². The lowest BCUT2D eigenvalue weighted by molar-refractivity contribution is 0.401. The number of rotatable bonds is 3. The van der Waals surface area contributed by atoms with Crippen LogP contribution in [0.15, 0.2) is 91.0 Å². The summed E-state index contributed by atoms with van der Waals surface area (Å²) < 4.78 is 8.58. The third kappa shape index (κ3) is 3.23. The number of nitrogens with zero attached hydrogens (tertiary/aromatic N) is 3. The molecule has 176 valence electrons. The zero-order chi connectivity index (χ0) is 24.1. The van der Waals surface area contributed by atoms with Crippen molar-refractivity contribution in [3.8, 4) is 28.7 Å². The lowest BCUT2D eigenvalue weighted by Gasteiger charge is -2.30. The first-order valence-electron chi connectivity index (χ1n) is 12.6. The topological polar surface area (TPSA) is 66.0 Å². The lowest BCUT2D eigenvalue weighted by atomic mass is 9.80. The van der Waals surface area contributed by atoms with Crippen molar-refractivity contribution in [3.05, 3.63) is 119 Å². The molecule has 0 spiro atoms. The Morgan fingerprint density at radius 2 is 1.44 bits per heavy atom. The molecule has 2 aliphatic rings. The molecule has 0 radical (unpaired) electrons. The molecule has 3 aromatic carbocycles. The van der Waals surface area contributed by atoms with Gasteiger partial charge in [0.1, 0.15) is 5.69 Å². The first-order chi connectivity index (χ1) is 17.8. The molecule has 1 atom stereocenters. The number of hydrogen-bond acceptors (Lipinski definition) is 4. The number of ether oxygens (including phenoxy) is 1. The number of hydrogen-bond donors (Lipinski definition) is 1. The Balaban J connectivity index is 1.56. The van der Waals surface area contributed by atoms with Crippen LogP contribution in [-0.2, 0) is 12.8 Å². The van der Waals surface area contributed by atoms with E-state index in [1.807, 2.05) is 59.3 Å². The van der Waals surface area contributed by atoms with E-state index in [4.69, 9.17) is 20.6 Å². The maximum Gasteiger partial charge on any atom is 0.229 e. The Morgan fingerprint density at radius 3 is 2.19 bits per heavy atom. The van der Waals surface area contributed by atoms with E-state index in [1.54, 1.807) is 0 Å². The Labute approximate surface area is 210 Å². The Bertz CT molecular complexity index is 1560. The number of aromatic nitrogens is 3. The number of pyridine rings is 1. The van der Waals surface area contributed by atoms with Crippen LogP contribution >= 0.6 is 0 Å². The van der Waals surface area contributed by atoms with Gasteiger partial charge < -0.3 is 10.5 Å². The van der Waals surface area contributed by atoms with Crippen LogP contribution in [0.25, 0.3) is 16.9 Å². The molecule has 5 heteroatoms. The van der Waals surface area contributed by atoms with Gasteiger partial charge in [-0.05, 0) is 48.9 Å². The summed E-state index contributed by atoms with van der Waals surface area (Å²) >= 11 is 0. The van der Waals surface area contributed by atoms with Gasteiger partial charge in [0, 0.05) is 22.9 Å². The molecule has 0 amide bonds. The Kier molecular flexibility index (Phi) is 4.88. The molecule has 0 saturated carbocycles. The van der Waals surface area contributed by atoms with Crippen molar-refractivity contribution in [2.75, 3.05) is 5.73 Å². The van der Waals surface area contributed by atoms with Crippen LogP contribution in [0.5, 0.6) is 11.8 Å². The maximum atomic E-state index is 6.97. The summed E-state index contributed by atoms with van der Waals surface area (Å²) in [5.74, 6) is 1.16. The summed E-state index contributed by atoms with van der Waals surface area (Å²) in [6, 6.07) is 31.0. The second kappa shape index (κ2) is 8.38. The van der Waals surface area contributed by atoms with Crippen molar-refractivity contribution in [1.29, 1.82) is 0 Å². The number of anilines is 1. The van der Waals surface area contributed by atoms with Gasteiger partial charge in [-0.3, -0.25) is 0 Å². The smallest absolute Gasteiger partial charge is 0.229 e. The molecule has 0 bridgehead atoms. The third-order valence-corrected chi connectivity index (χ3v) is 7.35. The maximum absolute atomic E-state index is 6.97. The summed E-state index contributed by atoms with van der Waals surface area (Å²) in [5.41, 5.74) is 16.1. The van der Waals surface area contributed by atoms with Crippen molar-refractivity contribution in [1.82, 2.24) is 14.8 Å². The average Bonchev–Trinajstić information content (AvgIpc) is 3.33. The van der Waals surface area contributed by atoms with Gasteiger partial charge in [0.25, 0.3) is 0 Å². The Morgan fingerprint density at radius 1 is 0.778 bits per heavy atom. The summed E-state index contributed by atoms with van der Waals surface area (Å²) in [7, 11) is 0. The molecule has 1 aliphatic heterocycles. The predicted molar refractivity (Wildman–Crippen MR) is 142 cm³/mol. The van der Waals surface area contributed by atoms with E-state index in [0.29, 0.717) is 11.8 Å². The van der Waals surface area contributed by atoms with Gasteiger partial charge in [-0.25, -0.2) is 4.98 Å². The van der Waals surface area contributed by atoms with Crippen LogP contribution in [-0.4, -0.2) is 14.8 Å². The minimum absolute atomic E-state index is 0.141. The largest absolute Gasteiger partial charge is 0.420 e. The second-order valence-electron chi connectivity index (χ2n) is 9.50. The van der Waals surface area contributed by atoms with Crippen LogP contribution < -0.4 is 10.5 Å². The highest BCUT2D eigenvalue weighted by atomic mass is 16.5. The van der Waals surface area contributed by atoms with Gasteiger partial charge in [0.05, 0.1) is 16.8 Å². The van der Waals surface area contributed by atoms with Crippen molar-refractivity contribution in [2.45, 2.75) is 31.6 Å². The molecule has 1 unspecified atom stereocenters. The molecule has 0 saturated heterocycles. The quantitative estimate of drug-likeness (QED) is 0.313. The summed E-state index contributed by atoms with van der Waals surface area (Å²) in [5, 5.41) is 5.14. The predicted octanol–water partition coefficient (Wildman–Crippen LogP) is 6.68. The minimum atomic E-state index is -0.141. The summed E-state index contributed by atoms with van der Waals surface area (Å²) in [4.78, 5) is 5.06. The minimum Gasteiger partial charge on any atom is -0.420 e. The zero-order valence-electron chi connectivity index (χ0n) is 19.9. The van der Waals surface area contributed by atoms with Crippen molar-refractivity contribution < 1.29 is 4.74 Å². The van der Waals surface area contributed by atoms with Crippen LogP contribution in [0.2, 0.25) is 0 Å². The van der Waals surface area contributed by atoms with Gasteiger partial charge in [0.15, 0.2) is 0 Å². The van der Waals surface area contributed by atoms with E-state index in [1.165, 1.54) is 5.56 Å². The van der Waals surface area contributed by atoms with Crippen molar-refractivity contribution >= 4 is 5.69 Å². The number of aryl methyl sites for hydroxylation is 1. The number of nitrogens with two attached hydrogens (primary N) is 1. The molecular formula is C31H26N4O. The number of para-hydroxylation sites is 1. The number of fused-ring (bicyclic) bond motifs is 3. The van der Waals surface area contributed by atoms with Crippen molar-refractivity contribution in [2.24, 2.45) is 0 Å². The fraction of sp³-hybridized carbons (Fsp3) is 0.161. The number of nitrogen functional groups attached to an aromatic ring is 1. The molecular weight excluding hydrogens is 444 g/mol. The lowest BCUT2D eigenvalue weighted by Crippen LogP contribution is -2.20. The van der Waals surface area contributed by atoms with E-state index < -0.39 is 0 Å². The van der Waals surface area contributed by atoms with E-state index >= 15 is 0 Å². The monoisotopic (exact) mass is 470 g/mol. The molecule has 36 heavy (non-hydrogen) atoms. The van der Waals surface area contributed by atoms with Gasteiger partial charge in [-0.2, -0.15) is 9.78 Å². The van der Waals surface area contributed by atoms with Gasteiger partial charge >= 0.3 is 0 Å². The molecule has 7 rings (SSSR count). The summed E-state index contributed by atoms with van der Waals surface area (Å²) in [6.45, 7) is 0. The van der Waals surface area contributed by atoms with Crippen LogP contribution in [0.4, 0.5) is 5.69 Å². The van der Waals surface area contributed by atoms with Crippen LogP contribution in [0.3, 0.4) is 0 Å². The average molecular weight is 471 g/mol. The van der Waals surface area contributed by atoms with E-state index in [9.17, 15) is 0 Å². The molecule has 5 nitrogen and oxygen atoms in total. The second-order valence-corrected chi connectivity index (χ2v) is 9.50. The first kappa shape index (κ1) is 20.9. The van der Waals surface area contributed by atoms with Gasteiger partial charge in [0.2, 0.25) is 11.8 Å². The first-order valence-corrected chi connectivity index (χ1v) is 12.6. The summed E-state index contributed by atoms with van der Waals surface area (Å²) in [6.07, 6.45) is 4.17. The molecule has 3 heterocycles. The molecule has 5 aromatic rings. The normalized spacial score (nSPS) is 15.9. The van der Waals surface area contributed by atoms with Crippen LogP contribution in [0.1, 0.15) is 46.7 Å². The molecule has 0 fully saturated rings. The highest BCUT2D eigenvalue weighted by Crippen LogP contribution is 2.53. The highest BCUT2D eigenvalue weighted by molar-refractivity contribution is 5.76. The molecule has 2 aromatic heterocycles.